The van der Waals surface area contributed by atoms with Crippen LogP contribution in [0.5, 0.6) is 0 Å². The number of hydrogen-bond acceptors (Lipinski definition) is 4. The molecule has 2 aromatic rings. The van der Waals surface area contributed by atoms with Crippen LogP contribution < -0.4 is 5.32 Å². The molecule has 18 heavy (non-hydrogen) atoms. The van der Waals surface area contributed by atoms with Gasteiger partial charge >= 0.3 is 0 Å². The highest BCUT2D eigenvalue weighted by molar-refractivity contribution is 7.08. The first-order valence-electron chi connectivity index (χ1n) is 6.13. The van der Waals surface area contributed by atoms with Gasteiger partial charge in [0.15, 0.2) is 0 Å². The van der Waals surface area contributed by atoms with Gasteiger partial charge in [-0.3, -0.25) is 4.98 Å². The van der Waals surface area contributed by atoms with Crippen LogP contribution >= 0.6 is 11.3 Å². The maximum absolute atomic E-state index is 5.43. The lowest BCUT2D eigenvalue weighted by Crippen LogP contribution is -2.47. The standard InChI is InChI=1S/C14H16N2OS/c1-2-13(8-15-5-1)16-6-4-14(10-17-11-14)12-3-7-18-9-12/h1-3,5,7-9,16H,4,6,10-11H2. The number of hydrogen-bond donors (Lipinski definition) is 1. The molecule has 0 spiro atoms. The SMILES string of the molecule is c1cncc(NCCC2(c3ccsc3)COC2)c1. The van der Waals surface area contributed by atoms with Crippen LogP contribution in [-0.4, -0.2) is 24.7 Å². The van der Waals surface area contributed by atoms with Crippen molar-refractivity contribution in [1.29, 1.82) is 0 Å². The molecule has 1 saturated heterocycles. The highest BCUT2D eigenvalue weighted by atomic mass is 32.1. The summed E-state index contributed by atoms with van der Waals surface area (Å²) < 4.78 is 5.43. The van der Waals surface area contributed by atoms with Crippen molar-refractivity contribution in [3.8, 4) is 0 Å². The summed E-state index contributed by atoms with van der Waals surface area (Å²) in [7, 11) is 0. The van der Waals surface area contributed by atoms with Crippen LogP contribution in [0.15, 0.2) is 41.4 Å². The van der Waals surface area contributed by atoms with Gasteiger partial charge in [-0.25, -0.2) is 0 Å². The molecule has 4 heteroatoms. The van der Waals surface area contributed by atoms with Gasteiger partial charge in [0, 0.05) is 24.4 Å². The van der Waals surface area contributed by atoms with E-state index in [0.717, 1.165) is 31.9 Å². The minimum absolute atomic E-state index is 0.231. The number of nitrogens with one attached hydrogen (secondary N) is 1. The van der Waals surface area contributed by atoms with E-state index in [1.165, 1.54) is 5.56 Å². The monoisotopic (exact) mass is 260 g/mol. The number of thiophene rings is 1. The van der Waals surface area contributed by atoms with Gasteiger partial charge in [-0.05, 0) is 40.9 Å². The largest absolute Gasteiger partial charge is 0.384 e. The second-order valence-corrected chi connectivity index (χ2v) is 5.48. The van der Waals surface area contributed by atoms with Crippen LogP contribution in [0.2, 0.25) is 0 Å². The molecule has 0 unspecified atom stereocenters. The highest BCUT2D eigenvalue weighted by Crippen LogP contribution is 2.36. The molecule has 1 N–H and O–H groups in total. The van der Waals surface area contributed by atoms with Crippen molar-refractivity contribution in [2.45, 2.75) is 11.8 Å². The molecule has 0 radical (unpaired) electrons. The predicted molar refractivity (Wildman–Crippen MR) is 74.2 cm³/mol. The molecule has 1 fully saturated rings. The summed E-state index contributed by atoms with van der Waals surface area (Å²) in [5.74, 6) is 0. The Morgan fingerprint density at radius 3 is 2.94 bits per heavy atom. The van der Waals surface area contributed by atoms with Crippen molar-refractivity contribution >= 4 is 17.0 Å². The number of anilines is 1. The molecule has 0 amide bonds. The van der Waals surface area contributed by atoms with Crippen molar-refractivity contribution in [3.05, 3.63) is 46.9 Å². The summed E-state index contributed by atoms with van der Waals surface area (Å²) in [6.45, 7) is 2.64. The Bertz CT molecular complexity index is 480. The third-order valence-electron chi connectivity index (χ3n) is 3.48. The van der Waals surface area contributed by atoms with Crippen LogP contribution in [0.25, 0.3) is 0 Å². The Morgan fingerprint density at radius 2 is 2.33 bits per heavy atom. The molecule has 2 aromatic heterocycles. The Kier molecular flexibility index (Phi) is 3.30. The highest BCUT2D eigenvalue weighted by Gasteiger charge is 2.39. The van der Waals surface area contributed by atoms with Gasteiger partial charge in [-0.15, -0.1) is 0 Å². The van der Waals surface area contributed by atoms with Crippen molar-refractivity contribution in [2.24, 2.45) is 0 Å². The maximum Gasteiger partial charge on any atom is 0.0586 e. The second-order valence-electron chi connectivity index (χ2n) is 4.70. The molecule has 0 atom stereocenters. The van der Waals surface area contributed by atoms with Gasteiger partial charge < -0.3 is 10.1 Å². The summed E-state index contributed by atoms with van der Waals surface area (Å²) in [5, 5.41) is 7.80. The van der Waals surface area contributed by atoms with Gasteiger partial charge in [-0.2, -0.15) is 11.3 Å². The molecule has 1 aliphatic heterocycles. The lowest BCUT2D eigenvalue weighted by atomic mass is 9.77. The lowest BCUT2D eigenvalue weighted by molar-refractivity contribution is -0.0624. The normalized spacial score (nSPS) is 17.1. The summed E-state index contributed by atoms with van der Waals surface area (Å²) in [4.78, 5) is 4.10. The van der Waals surface area contributed by atoms with E-state index in [-0.39, 0.29) is 5.41 Å². The topological polar surface area (TPSA) is 34.2 Å². The summed E-state index contributed by atoms with van der Waals surface area (Å²) in [6, 6.07) is 6.21. The molecule has 0 aromatic carbocycles. The van der Waals surface area contributed by atoms with E-state index in [1.807, 2.05) is 18.3 Å². The van der Waals surface area contributed by atoms with Crippen LogP contribution in [-0.2, 0) is 10.2 Å². The number of aromatic nitrogens is 1. The van der Waals surface area contributed by atoms with Crippen LogP contribution in [0.3, 0.4) is 0 Å². The van der Waals surface area contributed by atoms with E-state index in [1.54, 1.807) is 17.5 Å². The Labute approximate surface area is 111 Å². The summed E-state index contributed by atoms with van der Waals surface area (Å²) >= 11 is 1.76. The molecular formula is C14H16N2OS. The fourth-order valence-electron chi connectivity index (χ4n) is 2.28. The molecule has 3 rings (SSSR count). The van der Waals surface area contributed by atoms with Crippen molar-refractivity contribution in [1.82, 2.24) is 4.98 Å². The minimum atomic E-state index is 0.231. The third kappa shape index (κ3) is 2.26. The van der Waals surface area contributed by atoms with E-state index in [2.05, 4.69) is 27.1 Å². The van der Waals surface area contributed by atoms with Crippen LogP contribution in [0.4, 0.5) is 5.69 Å². The molecule has 0 aliphatic carbocycles. The molecule has 94 valence electrons. The summed E-state index contributed by atoms with van der Waals surface area (Å²) in [5.41, 5.74) is 2.74. The zero-order chi connectivity index (χ0) is 12.3. The molecule has 0 saturated carbocycles. The average Bonchev–Trinajstić information content (AvgIpc) is 2.88. The lowest BCUT2D eigenvalue weighted by Gasteiger charge is -2.41. The van der Waals surface area contributed by atoms with Gasteiger partial charge in [-0.1, -0.05) is 0 Å². The molecule has 1 aliphatic rings. The smallest absolute Gasteiger partial charge is 0.0586 e. The number of ether oxygens (including phenoxy) is 1. The fourth-order valence-corrected chi connectivity index (χ4v) is 3.06. The third-order valence-corrected chi connectivity index (χ3v) is 4.17. The van der Waals surface area contributed by atoms with Crippen LogP contribution in [0.1, 0.15) is 12.0 Å². The quantitative estimate of drug-likeness (QED) is 0.897. The molecule has 0 bridgehead atoms. The predicted octanol–water partition coefficient (Wildman–Crippen LogP) is 2.91. The van der Waals surface area contributed by atoms with Gasteiger partial charge in [0.2, 0.25) is 0 Å². The van der Waals surface area contributed by atoms with E-state index in [0.29, 0.717) is 0 Å². The van der Waals surface area contributed by atoms with Gasteiger partial charge in [0.05, 0.1) is 18.9 Å². The van der Waals surface area contributed by atoms with Gasteiger partial charge in [0.1, 0.15) is 0 Å². The zero-order valence-electron chi connectivity index (χ0n) is 10.1. The Morgan fingerprint density at radius 1 is 1.39 bits per heavy atom. The van der Waals surface area contributed by atoms with Gasteiger partial charge in [0.25, 0.3) is 0 Å². The number of pyridine rings is 1. The van der Waals surface area contributed by atoms with Crippen molar-refractivity contribution in [2.75, 3.05) is 25.1 Å². The van der Waals surface area contributed by atoms with Crippen molar-refractivity contribution in [3.63, 3.8) is 0 Å². The molecular weight excluding hydrogens is 244 g/mol. The van der Waals surface area contributed by atoms with Crippen molar-refractivity contribution < 1.29 is 4.74 Å². The first-order valence-corrected chi connectivity index (χ1v) is 7.08. The van der Waals surface area contributed by atoms with E-state index >= 15 is 0 Å². The fraction of sp³-hybridized carbons (Fsp3) is 0.357. The van der Waals surface area contributed by atoms with E-state index < -0.39 is 0 Å². The average molecular weight is 260 g/mol. The minimum Gasteiger partial charge on any atom is -0.384 e. The second kappa shape index (κ2) is 5.08. The Hall–Kier alpha value is -1.39. The summed E-state index contributed by atoms with van der Waals surface area (Å²) in [6.07, 6.45) is 4.74. The van der Waals surface area contributed by atoms with E-state index in [4.69, 9.17) is 4.74 Å². The zero-order valence-corrected chi connectivity index (χ0v) is 11.0. The number of nitrogens with zero attached hydrogens (tertiary/aromatic N) is 1. The van der Waals surface area contributed by atoms with Crippen LogP contribution in [0, 0.1) is 0 Å². The Balaban J connectivity index is 1.59. The molecule has 3 heterocycles. The maximum atomic E-state index is 5.43. The van der Waals surface area contributed by atoms with E-state index in [9.17, 15) is 0 Å². The first-order chi connectivity index (χ1) is 8.89. The first kappa shape index (κ1) is 11.7. The molecule has 3 nitrogen and oxygen atoms in total. The number of rotatable bonds is 5.